The highest BCUT2D eigenvalue weighted by molar-refractivity contribution is 5.88. The summed E-state index contributed by atoms with van der Waals surface area (Å²) in [5.41, 5.74) is 0.896. The van der Waals surface area contributed by atoms with Gasteiger partial charge in [0, 0.05) is 13.1 Å². The Kier molecular flexibility index (Phi) is 7.99. The first-order valence-corrected chi connectivity index (χ1v) is 9.71. The summed E-state index contributed by atoms with van der Waals surface area (Å²) in [6, 6.07) is 8.80. The largest absolute Gasteiger partial charge is 0.467 e. The van der Waals surface area contributed by atoms with Gasteiger partial charge in [0.25, 0.3) is 0 Å². The third-order valence-corrected chi connectivity index (χ3v) is 5.20. The van der Waals surface area contributed by atoms with Crippen molar-refractivity contribution in [2.45, 2.75) is 45.3 Å². The maximum absolute atomic E-state index is 13.0. The number of carbonyl (C=O) groups excluding carboxylic acids is 3. The molecule has 0 aliphatic carbocycles. The van der Waals surface area contributed by atoms with Crippen molar-refractivity contribution in [1.82, 2.24) is 10.2 Å². The van der Waals surface area contributed by atoms with Crippen LogP contribution in [0.2, 0.25) is 0 Å². The van der Waals surface area contributed by atoms with Crippen molar-refractivity contribution in [3.63, 3.8) is 0 Å². The summed E-state index contributed by atoms with van der Waals surface area (Å²) in [4.78, 5) is 38.5. The molecule has 28 heavy (non-hydrogen) atoms. The van der Waals surface area contributed by atoms with Crippen LogP contribution in [0, 0.1) is 11.8 Å². The molecular formula is C21H30N2O5. The summed E-state index contributed by atoms with van der Waals surface area (Å²) in [6.07, 6.45) is 0.106. The molecule has 0 radical (unpaired) electrons. The van der Waals surface area contributed by atoms with E-state index in [2.05, 4.69) is 10.1 Å². The number of likely N-dealkylation sites (tertiary alicyclic amines) is 1. The molecule has 2 atom stereocenters. The fraction of sp³-hybridized carbons (Fsp3) is 0.571. The number of carbonyl (C=O) groups is 3. The third-order valence-electron chi connectivity index (χ3n) is 5.20. The molecule has 0 spiro atoms. The Balaban J connectivity index is 1.92. The average Bonchev–Trinajstić information content (AvgIpc) is 2.71. The molecule has 1 aliphatic rings. The Morgan fingerprint density at radius 1 is 1.18 bits per heavy atom. The number of benzene rings is 1. The maximum atomic E-state index is 13.0. The van der Waals surface area contributed by atoms with Crippen LogP contribution < -0.4 is 5.32 Å². The van der Waals surface area contributed by atoms with Crippen LogP contribution in [0.1, 0.15) is 32.3 Å². The lowest BCUT2D eigenvalue weighted by molar-refractivity contribution is -0.155. The van der Waals surface area contributed by atoms with E-state index in [1.807, 2.05) is 44.2 Å². The van der Waals surface area contributed by atoms with Crippen molar-refractivity contribution >= 4 is 17.8 Å². The van der Waals surface area contributed by atoms with E-state index in [0.29, 0.717) is 25.9 Å². The van der Waals surface area contributed by atoms with E-state index in [1.165, 1.54) is 7.11 Å². The number of rotatable bonds is 7. The summed E-state index contributed by atoms with van der Waals surface area (Å²) in [5, 5.41) is 12.9. The van der Waals surface area contributed by atoms with Gasteiger partial charge in [-0.2, -0.15) is 0 Å². The molecule has 7 nitrogen and oxygen atoms in total. The van der Waals surface area contributed by atoms with Crippen LogP contribution in [0.15, 0.2) is 30.3 Å². The highest BCUT2D eigenvalue weighted by Gasteiger charge is 2.35. The van der Waals surface area contributed by atoms with Crippen molar-refractivity contribution in [3.8, 4) is 0 Å². The molecule has 7 heteroatoms. The van der Waals surface area contributed by atoms with Gasteiger partial charge in [-0.1, -0.05) is 44.2 Å². The lowest BCUT2D eigenvalue weighted by atomic mass is 9.90. The number of hydrogen-bond donors (Lipinski definition) is 2. The number of nitrogens with zero attached hydrogens (tertiary/aromatic N) is 1. The normalized spacial score (nSPS) is 17.1. The molecule has 1 heterocycles. The van der Waals surface area contributed by atoms with E-state index in [0.717, 1.165) is 5.56 Å². The van der Waals surface area contributed by atoms with E-state index >= 15 is 0 Å². The average molecular weight is 390 g/mol. The van der Waals surface area contributed by atoms with Gasteiger partial charge in [-0.15, -0.1) is 0 Å². The zero-order valence-corrected chi connectivity index (χ0v) is 16.8. The van der Waals surface area contributed by atoms with Crippen molar-refractivity contribution < 1.29 is 24.2 Å². The maximum Gasteiger partial charge on any atom is 0.334 e. The molecule has 0 bridgehead atoms. The molecule has 0 unspecified atom stereocenters. The van der Waals surface area contributed by atoms with Gasteiger partial charge in [0.1, 0.15) is 6.04 Å². The number of ether oxygens (including phenoxy) is 1. The molecule has 1 aromatic carbocycles. The molecule has 0 saturated carbocycles. The van der Waals surface area contributed by atoms with Crippen LogP contribution in [0.5, 0.6) is 0 Å². The van der Waals surface area contributed by atoms with Gasteiger partial charge in [0.05, 0.1) is 13.5 Å². The molecular weight excluding hydrogens is 360 g/mol. The summed E-state index contributed by atoms with van der Waals surface area (Å²) in [6.45, 7) is 4.68. The molecule has 1 aromatic rings. The quantitative estimate of drug-likeness (QED) is 0.681. The number of amides is 2. The Morgan fingerprint density at radius 3 is 2.32 bits per heavy atom. The van der Waals surface area contributed by atoms with Crippen molar-refractivity contribution in [2.24, 2.45) is 11.8 Å². The number of nitrogens with one attached hydrogen (secondary N) is 1. The SMILES string of the molecule is COC(=O)[C@@H](O)C1CCN(C(=O)[C@@H](NC(=O)Cc2ccccc2)C(C)C)CC1. The molecule has 2 amide bonds. The highest BCUT2D eigenvalue weighted by atomic mass is 16.5. The van der Waals surface area contributed by atoms with Gasteiger partial charge in [-0.3, -0.25) is 9.59 Å². The minimum absolute atomic E-state index is 0.0504. The van der Waals surface area contributed by atoms with Crippen LogP contribution >= 0.6 is 0 Å². The van der Waals surface area contributed by atoms with Gasteiger partial charge in [0.15, 0.2) is 6.10 Å². The van der Waals surface area contributed by atoms with Gasteiger partial charge < -0.3 is 20.1 Å². The summed E-state index contributed by atoms with van der Waals surface area (Å²) < 4.78 is 4.58. The second-order valence-electron chi connectivity index (χ2n) is 7.58. The first-order valence-electron chi connectivity index (χ1n) is 9.71. The monoisotopic (exact) mass is 390 g/mol. The van der Waals surface area contributed by atoms with Gasteiger partial charge >= 0.3 is 5.97 Å². The topological polar surface area (TPSA) is 95.9 Å². The van der Waals surface area contributed by atoms with Crippen LogP contribution in [-0.2, 0) is 25.5 Å². The lowest BCUT2D eigenvalue weighted by Crippen LogP contribution is -2.54. The Morgan fingerprint density at radius 2 is 1.79 bits per heavy atom. The second kappa shape index (κ2) is 10.2. The number of aliphatic hydroxyl groups is 1. The van der Waals surface area contributed by atoms with Crippen molar-refractivity contribution in [2.75, 3.05) is 20.2 Å². The predicted octanol–water partition coefficient (Wildman–Crippen LogP) is 1.14. The van der Waals surface area contributed by atoms with Gasteiger partial charge in [-0.25, -0.2) is 4.79 Å². The van der Waals surface area contributed by atoms with E-state index in [9.17, 15) is 19.5 Å². The fourth-order valence-corrected chi connectivity index (χ4v) is 3.46. The minimum atomic E-state index is -1.16. The van der Waals surface area contributed by atoms with Crippen LogP contribution in [0.25, 0.3) is 0 Å². The van der Waals surface area contributed by atoms with E-state index < -0.39 is 18.1 Å². The molecule has 154 valence electrons. The predicted molar refractivity (Wildman–Crippen MR) is 104 cm³/mol. The number of methoxy groups -OCH3 is 1. The van der Waals surface area contributed by atoms with Gasteiger partial charge in [-0.05, 0) is 30.2 Å². The number of piperidine rings is 1. The Bertz CT molecular complexity index is 669. The summed E-state index contributed by atoms with van der Waals surface area (Å²) in [7, 11) is 1.25. The molecule has 1 fully saturated rings. The molecule has 0 aromatic heterocycles. The van der Waals surface area contributed by atoms with E-state index in [4.69, 9.17) is 0 Å². The smallest absolute Gasteiger partial charge is 0.334 e. The number of hydrogen-bond acceptors (Lipinski definition) is 5. The van der Waals surface area contributed by atoms with Crippen molar-refractivity contribution in [1.29, 1.82) is 0 Å². The molecule has 1 saturated heterocycles. The molecule has 1 aliphatic heterocycles. The summed E-state index contributed by atoms with van der Waals surface area (Å²) >= 11 is 0. The minimum Gasteiger partial charge on any atom is -0.467 e. The Hall–Kier alpha value is -2.41. The first-order chi connectivity index (χ1) is 13.3. The number of esters is 1. The Labute approximate surface area is 166 Å². The first kappa shape index (κ1) is 21.9. The van der Waals surface area contributed by atoms with Crippen LogP contribution in [-0.4, -0.2) is 60.1 Å². The highest BCUT2D eigenvalue weighted by Crippen LogP contribution is 2.23. The van der Waals surface area contributed by atoms with E-state index in [-0.39, 0.29) is 30.1 Å². The fourth-order valence-electron chi connectivity index (χ4n) is 3.46. The number of aliphatic hydroxyl groups excluding tert-OH is 1. The standard InChI is InChI=1S/C21H30N2O5/c1-14(2)18(22-17(24)13-15-7-5-4-6-8-15)20(26)23-11-9-16(10-12-23)19(25)21(27)28-3/h4-8,14,16,18-19,25H,9-13H2,1-3H3,(H,22,24)/t18-,19-/m0/s1. The second-order valence-corrected chi connectivity index (χ2v) is 7.58. The van der Waals surface area contributed by atoms with Gasteiger partial charge in [0.2, 0.25) is 11.8 Å². The zero-order valence-electron chi connectivity index (χ0n) is 16.8. The van der Waals surface area contributed by atoms with Crippen molar-refractivity contribution in [3.05, 3.63) is 35.9 Å². The molecule has 2 N–H and O–H groups in total. The van der Waals surface area contributed by atoms with Crippen LogP contribution in [0.3, 0.4) is 0 Å². The van der Waals surface area contributed by atoms with Crippen LogP contribution in [0.4, 0.5) is 0 Å². The lowest BCUT2D eigenvalue weighted by Gasteiger charge is -2.36. The molecule has 2 rings (SSSR count). The third kappa shape index (κ3) is 5.79. The zero-order chi connectivity index (χ0) is 20.7. The summed E-state index contributed by atoms with van der Waals surface area (Å²) in [5.74, 6) is -1.22. The van der Waals surface area contributed by atoms with E-state index in [1.54, 1.807) is 4.90 Å².